The van der Waals surface area contributed by atoms with E-state index in [0.29, 0.717) is 5.41 Å². The molecule has 4 rings (SSSR count). The van der Waals surface area contributed by atoms with E-state index in [-0.39, 0.29) is 0 Å². The first-order chi connectivity index (χ1) is 9.74. The molecule has 2 saturated carbocycles. The fourth-order valence-corrected chi connectivity index (χ4v) is 6.22. The highest BCUT2D eigenvalue weighted by atomic mass is 16.5. The van der Waals surface area contributed by atoms with Gasteiger partial charge in [0, 0.05) is 0 Å². The molecule has 0 aromatic rings. The quantitative estimate of drug-likeness (QED) is 0.626. The van der Waals surface area contributed by atoms with E-state index in [9.17, 15) is 0 Å². The Labute approximate surface area is 123 Å². The summed E-state index contributed by atoms with van der Waals surface area (Å²) in [7, 11) is 0. The lowest BCUT2D eigenvalue weighted by molar-refractivity contribution is 0.0171. The van der Waals surface area contributed by atoms with Crippen molar-refractivity contribution in [1.82, 2.24) is 0 Å². The number of allylic oxidation sites excluding steroid dienone is 1. The van der Waals surface area contributed by atoms with E-state index in [1.807, 2.05) is 5.57 Å². The van der Waals surface area contributed by atoms with Crippen LogP contribution in [0, 0.1) is 29.1 Å². The van der Waals surface area contributed by atoms with Crippen LogP contribution in [0.15, 0.2) is 23.8 Å². The van der Waals surface area contributed by atoms with Crippen LogP contribution in [0.5, 0.6) is 0 Å². The fraction of sp³-hybridized carbons (Fsp3) is 0.789. The van der Waals surface area contributed by atoms with Gasteiger partial charge in [-0.1, -0.05) is 18.6 Å². The van der Waals surface area contributed by atoms with E-state index in [1.54, 1.807) is 5.57 Å². The van der Waals surface area contributed by atoms with Gasteiger partial charge < -0.3 is 4.74 Å². The van der Waals surface area contributed by atoms with Gasteiger partial charge in [-0.2, -0.15) is 0 Å². The lowest BCUT2D eigenvalue weighted by atomic mass is 9.54. The Morgan fingerprint density at radius 3 is 2.95 bits per heavy atom. The molecule has 4 aliphatic rings. The number of fused-ring (bicyclic) bond motifs is 4. The van der Waals surface area contributed by atoms with Gasteiger partial charge in [0.2, 0.25) is 0 Å². The highest BCUT2D eigenvalue weighted by Gasteiger charge is 2.54. The Morgan fingerprint density at radius 2 is 2.10 bits per heavy atom. The number of hydrogen-bond acceptors (Lipinski definition) is 1. The second-order valence-electron chi connectivity index (χ2n) is 7.81. The molecule has 5 unspecified atom stereocenters. The molecule has 0 saturated heterocycles. The average Bonchev–Trinajstić information content (AvgIpc) is 2.83. The Balaban J connectivity index is 1.65. The molecule has 0 N–H and O–H groups in total. The van der Waals surface area contributed by atoms with E-state index in [1.165, 1.54) is 44.9 Å². The zero-order valence-corrected chi connectivity index (χ0v) is 12.9. The zero-order valence-electron chi connectivity index (χ0n) is 12.9. The van der Waals surface area contributed by atoms with Crippen LogP contribution >= 0.6 is 0 Å². The Bertz CT molecular complexity index is 449. The van der Waals surface area contributed by atoms with Crippen LogP contribution in [0.3, 0.4) is 0 Å². The summed E-state index contributed by atoms with van der Waals surface area (Å²) in [5, 5.41) is 0. The predicted octanol–water partition coefficient (Wildman–Crippen LogP) is 4.74. The van der Waals surface area contributed by atoms with E-state index >= 15 is 0 Å². The Kier molecular flexibility index (Phi) is 3.10. The van der Waals surface area contributed by atoms with Crippen molar-refractivity contribution in [2.45, 2.75) is 51.9 Å². The Morgan fingerprint density at radius 1 is 1.20 bits per heavy atom. The first-order valence-corrected chi connectivity index (χ1v) is 8.65. The Hall–Kier alpha value is -0.560. The second-order valence-corrected chi connectivity index (χ2v) is 7.81. The highest BCUT2D eigenvalue weighted by Crippen LogP contribution is 2.62. The van der Waals surface area contributed by atoms with Crippen LogP contribution in [0.1, 0.15) is 51.9 Å². The molecule has 5 atom stereocenters. The van der Waals surface area contributed by atoms with Crippen molar-refractivity contribution >= 4 is 0 Å². The molecule has 0 amide bonds. The number of hydrogen-bond donors (Lipinski definition) is 0. The maximum absolute atomic E-state index is 5.69. The van der Waals surface area contributed by atoms with Crippen LogP contribution in [0.4, 0.5) is 0 Å². The first-order valence-electron chi connectivity index (χ1n) is 8.65. The summed E-state index contributed by atoms with van der Waals surface area (Å²) >= 11 is 0. The first kappa shape index (κ1) is 13.1. The summed E-state index contributed by atoms with van der Waals surface area (Å²) in [4.78, 5) is 0. The largest absolute Gasteiger partial charge is 0.377 e. The molecule has 1 heterocycles. The van der Waals surface area contributed by atoms with Crippen molar-refractivity contribution in [3.05, 3.63) is 23.8 Å². The summed E-state index contributed by atoms with van der Waals surface area (Å²) in [5.74, 6) is 3.61. The van der Waals surface area contributed by atoms with Gasteiger partial charge in [-0.3, -0.25) is 0 Å². The van der Waals surface area contributed by atoms with Crippen LogP contribution < -0.4 is 0 Å². The van der Waals surface area contributed by atoms with Crippen LogP contribution in [-0.4, -0.2) is 13.2 Å². The van der Waals surface area contributed by atoms with Gasteiger partial charge in [0.15, 0.2) is 0 Å². The van der Waals surface area contributed by atoms with Crippen molar-refractivity contribution < 1.29 is 4.74 Å². The molecule has 2 fully saturated rings. The molecule has 0 aromatic carbocycles. The lowest BCUT2D eigenvalue weighted by Crippen LogP contribution is -2.43. The lowest BCUT2D eigenvalue weighted by Gasteiger charge is -2.52. The van der Waals surface area contributed by atoms with Crippen molar-refractivity contribution in [3.8, 4) is 0 Å². The molecular formula is C19H28O. The van der Waals surface area contributed by atoms with Gasteiger partial charge in [0.25, 0.3) is 0 Å². The third-order valence-electron chi connectivity index (χ3n) is 7.27. The summed E-state index contributed by atoms with van der Waals surface area (Å²) in [6.07, 6.45) is 11.9. The molecule has 110 valence electrons. The third kappa shape index (κ3) is 1.71. The summed E-state index contributed by atoms with van der Waals surface area (Å²) < 4.78 is 5.69. The minimum atomic E-state index is 0.562. The van der Waals surface area contributed by atoms with E-state index in [4.69, 9.17) is 4.74 Å². The van der Waals surface area contributed by atoms with Crippen molar-refractivity contribution in [3.63, 3.8) is 0 Å². The van der Waals surface area contributed by atoms with Crippen LogP contribution in [0.25, 0.3) is 0 Å². The SMILES string of the molecule is C=CC1CCC2C3CCC4=C(CCOC4)C3CCC12C. The minimum Gasteiger partial charge on any atom is -0.377 e. The van der Waals surface area contributed by atoms with Gasteiger partial charge in [-0.25, -0.2) is 0 Å². The highest BCUT2D eigenvalue weighted by molar-refractivity contribution is 5.26. The van der Waals surface area contributed by atoms with Crippen LogP contribution in [-0.2, 0) is 4.74 Å². The molecular weight excluding hydrogens is 244 g/mol. The number of rotatable bonds is 1. The van der Waals surface area contributed by atoms with Gasteiger partial charge in [-0.05, 0) is 79.6 Å². The fourth-order valence-electron chi connectivity index (χ4n) is 6.22. The average molecular weight is 272 g/mol. The van der Waals surface area contributed by atoms with Crippen molar-refractivity contribution in [1.29, 1.82) is 0 Å². The van der Waals surface area contributed by atoms with E-state index in [0.717, 1.165) is 36.9 Å². The van der Waals surface area contributed by atoms with Gasteiger partial charge in [0.1, 0.15) is 0 Å². The van der Waals surface area contributed by atoms with Gasteiger partial charge in [-0.15, -0.1) is 6.58 Å². The summed E-state index contributed by atoms with van der Waals surface area (Å²) in [5.41, 5.74) is 4.07. The van der Waals surface area contributed by atoms with Crippen LogP contribution in [0.2, 0.25) is 0 Å². The third-order valence-corrected chi connectivity index (χ3v) is 7.27. The molecule has 1 aliphatic heterocycles. The number of ether oxygens (including phenoxy) is 1. The van der Waals surface area contributed by atoms with Crippen molar-refractivity contribution in [2.24, 2.45) is 29.1 Å². The minimum absolute atomic E-state index is 0.562. The second kappa shape index (κ2) is 4.73. The molecule has 3 aliphatic carbocycles. The molecule has 0 spiro atoms. The molecule has 20 heavy (non-hydrogen) atoms. The van der Waals surface area contributed by atoms with Gasteiger partial charge >= 0.3 is 0 Å². The molecule has 1 heteroatoms. The standard InChI is InChI=1S/C19H28O/c1-3-14-5-7-18-17-6-4-13-12-20-11-9-15(13)16(17)8-10-19(14,18)2/h3,14,16-18H,1,4-12H2,2H3. The van der Waals surface area contributed by atoms with Crippen molar-refractivity contribution in [2.75, 3.05) is 13.2 Å². The zero-order chi connectivity index (χ0) is 13.7. The monoisotopic (exact) mass is 272 g/mol. The molecule has 0 aromatic heterocycles. The van der Waals surface area contributed by atoms with E-state index in [2.05, 4.69) is 19.6 Å². The maximum Gasteiger partial charge on any atom is 0.0679 e. The van der Waals surface area contributed by atoms with Gasteiger partial charge in [0.05, 0.1) is 13.2 Å². The molecule has 0 radical (unpaired) electrons. The predicted molar refractivity (Wildman–Crippen MR) is 82.4 cm³/mol. The normalized spacial score (nSPS) is 47.5. The van der Waals surface area contributed by atoms with E-state index < -0.39 is 0 Å². The smallest absolute Gasteiger partial charge is 0.0679 e. The summed E-state index contributed by atoms with van der Waals surface area (Å²) in [6, 6.07) is 0. The molecule has 1 nitrogen and oxygen atoms in total. The summed E-state index contributed by atoms with van der Waals surface area (Å²) in [6.45, 7) is 8.60. The molecule has 0 bridgehead atoms. The maximum atomic E-state index is 5.69. The topological polar surface area (TPSA) is 9.23 Å².